The summed E-state index contributed by atoms with van der Waals surface area (Å²) < 4.78 is 7.58. The van der Waals surface area contributed by atoms with E-state index in [0.29, 0.717) is 5.75 Å². The lowest BCUT2D eigenvalue weighted by Gasteiger charge is -2.19. The van der Waals surface area contributed by atoms with E-state index in [2.05, 4.69) is 20.0 Å². The Balaban J connectivity index is 1.58. The number of hydrogen-bond acceptors (Lipinski definition) is 5. The molecule has 32 heavy (non-hydrogen) atoms. The van der Waals surface area contributed by atoms with Gasteiger partial charge in [0.2, 0.25) is 0 Å². The van der Waals surface area contributed by atoms with Crippen molar-refractivity contribution in [2.45, 2.75) is 45.7 Å². The van der Waals surface area contributed by atoms with Crippen molar-refractivity contribution in [1.82, 2.24) is 25.1 Å². The zero-order valence-corrected chi connectivity index (χ0v) is 18.4. The van der Waals surface area contributed by atoms with Gasteiger partial charge in [-0.15, -0.1) is 0 Å². The number of nitrogens with zero attached hydrogens (tertiary/aromatic N) is 4. The van der Waals surface area contributed by atoms with E-state index in [-0.39, 0.29) is 5.54 Å². The topological polar surface area (TPSA) is 81.9 Å². The first kappa shape index (κ1) is 20.2. The van der Waals surface area contributed by atoms with Crippen molar-refractivity contribution in [1.29, 1.82) is 0 Å². The van der Waals surface area contributed by atoms with Gasteiger partial charge in [0.15, 0.2) is 0 Å². The molecule has 162 valence electrons. The lowest BCUT2D eigenvalue weighted by Crippen LogP contribution is -2.42. The number of benzene rings is 1. The number of aromatic nitrogens is 4. The van der Waals surface area contributed by atoms with Gasteiger partial charge in [0, 0.05) is 47.2 Å². The Bertz CT molecular complexity index is 1310. The summed E-state index contributed by atoms with van der Waals surface area (Å²) in [5, 5.41) is 8.68. The van der Waals surface area contributed by atoms with Crippen LogP contribution in [0.3, 0.4) is 0 Å². The Labute approximate surface area is 186 Å². The highest BCUT2D eigenvalue weighted by molar-refractivity contribution is 5.99. The fourth-order valence-corrected chi connectivity index (χ4v) is 4.15. The summed E-state index contributed by atoms with van der Waals surface area (Å²) in [6.07, 6.45) is 5.16. The predicted octanol–water partition coefficient (Wildman–Crippen LogP) is 4.99. The number of nitrogens with one attached hydrogen (secondary N) is 1. The molecule has 7 nitrogen and oxygen atoms in total. The highest BCUT2D eigenvalue weighted by atomic mass is 16.6. The maximum Gasteiger partial charge on any atom is 0.413 e. The number of ether oxygens (including phenoxy) is 1. The number of rotatable bonds is 3. The summed E-state index contributed by atoms with van der Waals surface area (Å²) in [6, 6.07) is 13.5. The first-order valence-corrected chi connectivity index (χ1v) is 10.8. The first-order chi connectivity index (χ1) is 15.4. The third-order valence-electron chi connectivity index (χ3n) is 5.42. The van der Waals surface area contributed by atoms with Crippen LogP contribution in [0.4, 0.5) is 4.79 Å². The smallest absolute Gasteiger partial charge is 0.410 e. The molecular formula is C25H25N5O2. The van der Waals surface area contributed by atoms with E-state index in [0.717, 1.165) is 52.8 Å². The van der Waals surface area contributed by atoms with Gasteiger partial charge >= 0.3 is 6.09 Å². The Kier molecular flexibility index (Phi) is 4.89. The molecule has 1 amide bonds. The second-order valence-corrected chi connectivity index (χ2v) is 9.01. The SMILES string of the molecule is CC(C)(C)NC(=O)Oc1ccc2c(-c3c(-c4ccccn4)nn4c3CCC4)ccnc2c1. The van der Waals surface area contributed by atoms with Crippen LogP contribution in [0.25, 0.3) is 33.4 Å². The van der Waals surface area contributed by atoms with Crippen LogP contribution in [0.15, 0.2) is 54.9 Å². The molecule has 0 saturated carbocycles. The number of fused-ring (bicyclic) bond motifs is 2. The molecule has 0 radical (unpaired) electrons. The normalized spacial score (nSPS) is 13.2. The molecule has 3 aromatic heterocycles. The lowest BCUT2D eigenvalue weighted by atomic mass is 9.96. The zero-order chi connectivity index (χ0) is 22.3. The summed E-state index contributed by atoms with van der Waals surface area (Å²) in [5.74, 6) is 0.453. The molecular weight excluding hydrogens is 402 g/mol. The average molecular weight is 428 g/mol. The molecule has 0 fully saturated rings. The van der Waals surface area contributed by atoms with Crippen LogP contribution in [0.5, 0.6) is 5.75 Å². The quantitative estimate of drug-likeness (QED) is 0.498. The van der Waals surface area contributed by atoms with Crippen LogP contribution in [-0.2, 0) is 13.0 Å². The minimum atomic E-state index is -0.486. The summed E-state index contributed by atoms with van der Waals surface area (Å²) in [5.41, 5.74) is 5.52. The minimum absolute atomic E-state index is 0.371. The fourth-order valence-electron chi connectivity index (χ4n) is 4.15. The van der Waals surface area contributed by atoms with Gasteiger partial charge in [0.05, 0.1) is 11.2 Å². The monoisotopic (exact) mass is 427 g/mol. The Morgan fingerprint density at radius 2 is 1.97 bits per heavy atom. The van der Waals surface area contributed by atoms with E-state index < -0.39 is 6.09 Å². The third-order valence-corrected chi connectivity index (χ3v) is 5.42. The lowest BCUT2D eigenvalue weighted by molar-refractivity contribution is 0.190. The van der Waals surface area contributed by atoms with Gasteiger partial charge in [-0.05, 0) is 69.5 Å². The van der Waals surface area contributed by atoms with E-state index >= 15 is 0 Å². The van der Waals surface area contributed by atoms with E-state index in [4.69, 9.17) is 9.84 Å². The Morgan fingerprint density at radius 1 is 1.09 bits per heavy atom. The molecule has 4 heterocycles. The maximum atomic E-state index is 12.2. The van der Waals surface area contributed by atoms with Crippen molar-refractivity contribution in [3.63, 3.8) is 0 Å². The van der Waals surface area contributed by atoms with E-state index in [9.17, 15) is 4.79 Å². The number of pyridine rings is 2. The third kappa shape index (κ3) is 3.82. The second kappa shape index (κ2) is 7.75. The van der Waals surface area contributed by atoms with Crippen LogP contribution in [0.2, 0.25) is 0 Å². The molecule has 0 bridgehead atoms. The zero-order valence-electron chi connectivity index (χ0n) is 18.4. The van der Waals surface area contributed by atoms with Gasteiger partial charge in [-0.25, -0.2) is 4.79 Å². The summed E-state index contributed by atoms with van der Waals surface area (Å²) >= 11 is 0. The largest absolute Gasteiger partial charge is 0.413 e. The van der Waals surface area contributed by atoms with Crippen molar-refractivity contribution in [3.8, 4) is 28.3 Å². The highest BCUT2D eigenvalue weighted by Gasteiger charge is 2.25. The van der Waals surface area contributed by atoms with Crippen LogP contribution in [0, 0.1) is 0 Å². The van der Waals surface area contributed by atoms with Gasteiger partial charge in [-0.1, -0.05) is 6.07 Å². The van der Waals surface area contributed by atoms with Crippen molar-refractivity contribution < 1.29 is 9.53 Å². The predicted molar refractivity (Wildman–Crippen MR) is 123 cm³/mol. The molecule has 0 atom stereocenters. The molecule has 0 spiro atoms. The van der Waals surface area contributed by atoms with Crippen LogP contribution < -0.4 is 10.1 Å². The molecule has 5 rings (SSSR count). The first-order valence-electron chi connectivity index (χ1n) is 10.8. The minimum Gasteiger partial charge on any atom is -0.410 e. The number of carbonyl (C=O) groups excluding carboxylic acids is 1. The van der Waals surface area contributed by atoms with Crippen LogP contribution in [-0.4, -0.2) is 31.4 Å². The molecule has 1 aliphatic heterocycles. The van der Waals surface area contributed by atoms with E-state index in [1.54, 1.807) is 24.5 Å². The number of amides is 1. The molecule has 0 saturated heterocycles. The van der Waals surface area contributed by atoms with Gasteiger partial charge in [-0.3, -0.25) is 14.6 Å². The summed E-state index contributed by atoms with van der Waals surface area (Å²) in [4.78, 5) is 21.3. The Morgan fingerprint density at radius 3 is 2.75 bits per heavy atom. The average Bonchev–Trinajstić information content (AvgIpc) is 3.34. The molecule has 0 aliphatic carbocycles. The van der Waals surface area contributed by atoms with Crippen molar-refractivity contribution in [2.24, 2.45) is 0 Å². The summed E-state index contributed by atoms with van der Waals surface area (Å²) in [6.45, 7) is 6.64. The summed E-state index contributed by atoms with van der Waals surface area (Å²) in [7, 11) is 0. The van der Waals surface area contributed by atoms with Gasteiger partial charge in [0.1, 0.15) is 11.4 Å². The molecule has 0 unspecified atom stereocenters. The molecule has 1 aromatic carbocycles. The van der Waals surface area contributed by atoms with E-state index in [1.807, 2.05) is 51.1 Å². The van der Waals surface area contributed by atoms with E-state index in [1.165, 1.54) is 5.69 Å². The second-order valence-electron chi connectivity index (χ2n) is 9.01. The van der Waals surface area contributed by atoms with Gasteiger partial charge < -0.3 is 10.1 Å². The number of carbonyl (C=O) groups is 1. The standard InChI is InChI=1S/C25H25N5O2/c1-25(2,3)28-24(31)32-16-9-10-17-18(11-13-27-20(17)15-16)22-21-8-6-14-30(21)29-23(22)19-7-4-5-12-26-19/h4-5,7,9-13,15H,6,8,14H2,1-3H3,(H,28,31). The maximum absolute atomic E-state index is 12.2. The fraction of sp³-hybridized carbons (Fsp3) is 0.280. The number of aryl methyl sites for hydroxylation is 1. The highest BCUT2D eigenvalue weighted by Crippen LogP contribution is 2.40. The van der Waals surface area contributed by atoms with Crippen LogP contribution in [0.1, 0.15) is 32.9 Å². The molecule has 1 aliphatic rings. The van der Waals surface area contributed by atoms with Crippen molar-refractivity contribution in [2.75, 3.05) is 0 Å². The van der Waals surface area contributed by atoms with Crippen LogP contribution >= 0.6 is 0 Å². The number of hydrogen-bond donors (Lipinski definition) is 1. The Hall–Kier alpha value is -3.74. The molecule has 1 N–H and O–H groups in total. The molecule has 7 heteroatoms. The van der Waals surface area contributed by atoms with Crippen molar-refractivity contribution >= 4 is 17.0 Å². The molecule has 4 aromatic rings. The van der Waals surface area contributed by atoms with Gasteiger partial charge in [0.25, 0.3) is 0 Å². The van der Waals surface area contributed by atoms with Gasteiger partial charge in [-0.2, -0.15) is 5.10 Å². The van der Waals surface area contributed by atoms with Crippen molar-refractivity contribution in [3.05, 3.63) is 60.6 Å².